The summed E-state index contributed by atoms with van der Waals surface area (Å²) in [6, 6.07) is 30.5. The molecule has 0 radical (unpaired) electrons. The second-order valence-electron chi connectivity index (χ2n) is 9.27. The highest BCUT2D eigenvalue weighted by atomic mass is 32.2. The van der Waals surface area contributed by atoms with Crippen LogP contribution in [0.4, 0.5) is 5.69 Å². The molecule has 0 N–H and O–H groups in total. The maximum atomic E-state index is 13.5. The summed E-state index contributed by atoms with van der Waals surface area (Å²) in [6.45, 7) is 4.14. The van der Waals surface area contributed by atoms with Crippen molar-refractivity contribution in [1.29, 1.82) is 0 Å². The van der Waals surface area contributed by atoms with Crippen LogP contribution in [0.15, 0.2) is 111 Å². The lowest BCUT2D eigenvalue weighted by atomic mass is 10.1. The lowest BCUT2D eigenvalue weighted by Gasteiger charge is -2.15. The summed E-state index contributed by atoms with van der Waals surface area (Å²) >= 11 is 1.34. The summed E-state index contributed by atoms with van der Waals surface area (Å²) in [7, 11) is 0. The zero-order chi connectivity index (χ0) is 27.2. The lowest BCUT2D eigenvalue weighted by Crippen LogP contribution is -2.31. The van der Waals surface area contributed by atoms with E-state index in [-0.39, 0.29) is 18.0 Å². The molecule has 1 fully saturated rings. The second kappa shape index (κ2) is 12.0. The number of hydrogen-bond donors (Lipinski definition) is 0. The fraction of sp³-hybridized carbons (Fsp3) is 0.156. The molecule has 0 atom stereocenters. The first-order valence-corrected chi connectivity index (χ1v) is 13.6. The van der Waals surface area contributed by atoms with Gasteiger partial charge in [-0.1, -0.05) is 60.7 Å². The quantitative estimate of drug-likeness (QED) is 0.174. The molecule has 196 valence electrons. The molecular formula is C32H28N2O4S. The number of ether oxygens (including phenoxy) is 1. The van der Waals surface area contributed by atoms with Crippen molar-refractivity contribution >= 4 is 40.6 Å². The summed E-state index contributed by atoms with van der Waals surface area (Å²) in [5.41, 5.74) is 3.14. The first kappa shape index (κ1) is 26.3. The Labute approximate surface area is 232 Å². The summed E-state index contributed by atoms with van der Waals surface area (Å²) in [4.78, 5) is 32.8. The van der Waals surface area contributed by atoms with E-state index in [1.807, 2.05) is 80.6 Å². The minimum atomic E-state index is -0.380. The Morgan fingerprint density at radius 3 is 2.46 bits per heavy atom. The van der Waals surface area contributed by atoms with E-state index in [0.717, 1.165) is 16.8 Å². The van der Waals surface area contributed by atoms with E-state index in [2.05, 4.69) is 12.1 Å². The zero-order valence-corrected chi connectivity index (χ0v) is 22.6. The standard InChI is InChI=1S/C32H28N2O4S/c1-22(2)37-31(36)25-13-9-12-24(20-25)28-17-16-27(38-28)21-29-30(35)34(19-18-23-10-5-3-6-11-23)32(39-29)33-26-14-7-4-8-15-26/h3-17,20-22H,18-19H2,1-2H3/b29-21+,33-32?. The van der Waals surface area contributed by atoms with Crippen molar-refractivity contribution in [3.8, 4) is 11.3 Å². The topological polar surface area (TPSA) is 72.1 Å². The van der Waals surface area contributed by atoms with Crippen LogP contribution in [0.3, 0.4) is 0 Å². The number of nitrogens with zero attached hydrogens (tertiary/aromatic N) is 2. The van der Waals surface area contributed by atoms with Gasteiger partial charge < -0.3 is 9.15 Å². The molecule has 3 aromatic carbocycles. The van der Waals surface area contributed by atoms with Gasteiger partial charge in [0, 0.05) is 18.2 Å². The lowest BCUT2D eigenvalue weighted by molar-refractivity contribution is -0.122. The van der Waals surface area contributed by atoms with Crippen LogP contribution in [0.1, 0.15) is 35.5 Å². The highest BCUT2D eigenvalue weighted by molar-refractivity contribution is 8.18. The molecule has 1 aliphatic rings. The van der Waals surface area contributed by atoms with Gasteiger partial charge in [0.1, 0.15) is 11.5 Å². The molecule has 39 heavy (non-hydrogen) atoms. The number of carbonyl (C=O) groups is 2. The summed E-state index contributed by atoms with van der Waals surface area (Å²) < 4.78 is 11.4. The predicted molar refractivity (Wildman–Crippen MR) is 156 cm³/mol. The Morgan fingerprint density at radius 2 is 1.72 bits per heavy atom. The van der Waals surface area contributed by atoms with E-state index in [9.17, 15) is 9.59 Å². The van der Waals surface area contributed by atoms with Crippen LogP contribution in [0, 0.1) is 0 Å². The second-order valence-corrected chi connectivity index (χ2v) is 10.3. The average molecular weight is 537 g/mol. The first-order valence-electron chi connectivity index (χ1n) is 12.8. The van der Waals surface area contributed by atoms with Crippen molar-refractivity contribution < 1.29 is 18.7 Å². The number of thioether (sulfide) groups is 1. The van der Waals surface area contributed by atoms with Gasteiger partial charge in [0.25, 0.3) is 5.91 Å². The maximum Gasteiger partial charge on any atom is 0.338 e. The molecule has 5 rings (SSSR count). The molecular weight excluding hydrogens is 508 g/mol. The number of aliphatic imine (C=N–C) groups is 1. The fourth-order valence-electron chi connectivity index (χ4n) is 4.08. The van der Waals surface area contributed by atoms with Crippen molar-refractivity contribution in [3.63, 3.8) is 0 Å². The largest absolute Gasteiger partial charge is 0.459 e. The molecule has 1 aromatic heterocycles. The predicted octanol–water partition coefficient (Wildman–Crippen LogP) is 7.36. The van der Waals surface area contributed by atoms with Crippen molar-refractivity contribution in [3.05, 3.63) is 119 Å². The molecule has 1 amide bonds. The maximum absolute atomic E-state index is 13.5. The van der Waals surface area contributed by atoms with E-state index in [0.29, 0.717) is 40.1 Å². The molecule has 4 aromatic rings. The third kappa shape index (κ3) is 6.56. The molecule has 0 aliphatic carbocycles. The fourth-order valence-corrected chi connectivity index (χ4v) is 5.09. The van der Waals surface area contributed by atoms with E-state index >= 15 is 0 Å². The van der Waals surface area contributed by atoms with Gasteiger partial charge in [-0.05, 0) is 74.0 Å². The zero-order valence-electron chi connectivity index (χ0n) is 21.7. The molecule has 7 heteroatoms. The Hall–Kier alpha value is -4.36. The van der Waals surface area contributed by atoms with Crippen molar-refractivity contribution in [1.82, 2.24) is 4.90 Å². The number of esters is 1. The molecule has 6 nitrogen and oxygen atoms in total. The number of para-hydroxylation sites is 1. The number of furan rings is 1. The summed E-state index contributed by atoms with van der Waals surface area (Å²) in [6.07, 6.45) is 2.26. The number of hydrogen-bond acceptors (Lipinski definition) is 6. The Kier molecular flexibility index (Phi) is 8.08. The van der Waals surface area contributed by atoms with Gasteiger partial charge >= 0.3 is 5.97 Å². The van der Waals surface area contributed by atoms with E-state index in [4.69, 9.17) is 14.1 Å². The number of amides is 1. The van der Waals surface area contributed by atoms with Crippen LogP contribution in [0.25, 0.3) is 17.4 Å². The minimum Gasteiger partial charge on any atom is -0.459 e. The Balaban J connectivity index is 1.39. The molecule has 1 aliphatic heterocycles. The van der Waals surface area contributed by atoms with Gasteiger partial charge in [-0.25, -0.2) is 9.79 Å². The van der Waals surface area contributed by atoms with Gasteiger partial charge in [0.05, 0.1) is 22.3 Å². The molecule has 0 unspecified atom stereocenters. The third-order valence-corrected chi connectivity index (χ3v) is 6.97. The van der Waals surface area contributed by atoms with Crippen molar-refractivity contribution in [2.75, 3.05) is 6.54 Å². The van der Waals surface area contributed by atoms with Gasteiger partial charge in [-0.3, -0.25) is 9.69 Å². The normalized spacial score (nSPS) is 15.5. The monoisotopic (exact) mass is 536 g/mol. The van der Waals surface area contributed by atoms with Crippen molar-refractivity contribution in [2.45, 2.75) is 26.4 Å². The average Bonchev–Trinajstić information content (AvgIpc) is 3.53. The van der Waals surface area contributed by atoms with Crippen LogP contribution in [-0.4, -0.2) is 34.6 Å². The highest BCUT2D eigenvalue weighted by Gasteiger charge is 2.33. The Bertz CT molecular complexity index is 1520. The number of carbonyl (C=O) groups excluding carboxylic acids is 2. The van der Waals surface area contributed by atoms with Crippen LogP contribution in [-0.2, 0) is 16.0 Å². The smallest absolute Gasteiger partial charge is 0.338 e. The summed E-state index contributed by atoms with van der Waals surface area (Å²) in [5.74, 6) is 0.645. The van der Waals surface area contributed by atoms with E-state index in [1.54, 1.807) is 29.2 Å². The molecule has 1 saturated heterocycles. The highest BCUT2D eigenvalue weighted by Crippen LogP contribution is 2.35. The van der Waals surface area contributed by atoms with Crippen LogP contribution in [0.2, 0.25) is 0 Å². The minimum absolute atomic E-state index is 0.109. The van der Waals surface area contributed by atoms with Gasteiger partial charge in [-0.15, -0.1) is 0 Å². The molecule has 0 saturated carbocycles. The number of amidine groups is 1. The van der Waals surface area contributed by atoms with E-state index in [1.165, 1.54) is 11.8 Å². The first-order chi connectivity index (χ1) is 19.0. The SMILES string of the molecule is CC(C)OC(=O)c1cccc(-c2ccc(/C=C3/SC(=Nc4ccccc4)N(CCc4ccccc4)C3=O)o2)c1. The Morgan fingerprint density at radius 1 is 0.974 bits per heavy atom. The number of rotatable bonds is 8. The van der Waals surface area contributed by atoms with Gasteiger partial charge in [0.2, 0.25) is 0 Å². The van der Waals surface area contributed by atoms with Crippen LogP contribution in [0.5, 0.6) is 0 Å². The van der Waals surface area contributed by atoms with E-state index < -0.39 is 0 Å². The third-order valence-electron chi connectivity index (χ3n) is 5.96. The number of benzene rings is 3. The van der Waals surface area contributed by atoms with Gasteiger partial charge in [-0.2, -0.15) is 0 Å². The molecule has 0 spiro atoms. The van der Waals surface area contributed by atoms with Crippen LogP contribution >= 0.6 is 11.8 Å². The molecule has 0 bridgehead atoms. The molecule has 2 heterocycles. The van der Waals surface area contributed by atoms with Gasteiger partial charge in [0.15, 0.2) is 5.17 Å². The summed E-state index contributed by atoms with van der Waals surface area (Å²) in [5, 5.41) is 0.636. The van der Waals surface area contributed by atoms with Crippen molar-refractivity contribution in [2.24, 2.45) is 4.99 Å². The van der Waals surface area contributed by atoms with Crippen LogP contribution < -0.4 is 0 Å².